The highest BCUT2D eigenvalue weighted by molar-refractivity contribution is 5.78. The van der Waals surface area contributed by atoms with Gasteiger partial charge in [-0.2, -0.15) is 0 Å². The molecule has 0 radical (unpaired) electrons. The number of aromatic nitrogens is 2. The molecule has 0 aliphatic rings. The molecule has 0 aliphatic heterocycles. The Morgan fingerprint density at radius 3 is 2.50 bits per heavy atom. The van der Waals surface area contributed by atoms with Crippen molar-refractivity contribution in [1.29, 1.82) is 0 Å². The third kappa shape index (κ3) is 2.67. The van der Waals surface area contributed by atoms with Gasteiger partial charge in [0.1, 0.15) is 12.4 Å². The number of imidazole rings is 1. The Hall–Kier alpha value is -2.76. The van der Waals surface area contributed by atoms with Gasteiger partial charge in [0.2, 0.25) is 0 Å². The quantitative estimate of drug-likeness (QED) is 0.806. The molecule has 1 heterocycles. The van der Waals surface area contributed by atoms with Crippen molar-refractivity contribution in [1.82, 2.24) is 9.55 Å². The second kappa shape index (κ2) is 5.55. The van der Waals surface area contributed by atoms with Crippen molar-refractivity contribution >= 4 is 17.0 Å². The van der Waals surface area contributed by atoms with Crippen molar-refractivity contribution in [2.45, 2.75) is 13.0 Å². The van der Waals surface area contributed by atoms with Gasteiger partial charge in [-0.15, -0.1) is 0 Å². The number of fused-ring (bicyclic) bond motifs is 1. The zero-order chi connectivity index (χ0) is 15.7. The van der Waals surface area contributed by atoms with Crippen LogP contribution in [0, 0.1) is 11.6 Å². The highest BCUT2D eigenvalue weighted by atomic mass is 19.2. The van der Waals surface area contributed by atoms with Crippen molar-refractivity contribution in [2.75, 3.05) is 0 Å². The van der Waals surface area contributed by atoms with Gasteiger partial charge in [0.05, 0.1) is 11.0 Å². The fourth-order valence-corrected chi connectivity index (χ4v) is 2.40. The van der Waals surface area contributed by atoms with Crippen molar-refractivity contribution in [3.8, 4) is 0 Å². The van der Waals surface area contributed by atoms with Crippen molar-refractivity contribution in [3.63, 3.8) is 0 Å². The SMILES string of the molecule is O=C(O)Cn1c(Cc2ccccc2)nc2cc(F)c(F)cc21. The second-order valence-electron chi connectivity index (χ2n) is 4.93. The minimum atomic E-state index is -1.07. The van der Waals surface area contributed by atoms with Gasteiger partial charge in [0.25, 0.3) is 0 Å². The van der Waals surface area contributed by atoms with E-state index >= 15 is 0 Å². The van der Waals surface area contributed by atoms with Gasteiger partial charge in [-0.3, -0.25) is 4.79 Å². The lowest BCUT2D eigenvalue weighted by Gasteiger charge is -2.06. The molecule has 0 saturated carbocycles. The number of benzene rings is 2. The fraction of sp³-hybridized carbons (Fsp3) is 0.125. The second-order valence-corrected chi connectivity index (χ2v) is 4.93. The standard InChI is InChI=1S/C16H12F2N2O2/c17-11-7-13-14(8-12(11)18)20(9-16(21)22)15(19-13)6-10-4-2-1-3-5-10/h1-5,7-8H,6,9H2,(H,21,22). The highest BCUT2D eigenvalue weighted by Gasteiger charge is 2.16. The summed E-state index contributed by atoms with van der Waals surface area (Å²) in [6.07, 6.45) is 0.381. The first-order valence-electron chi connectivity index (χ1n) is 6.64. The smallest absolute Gasteiger partial charge is 0.323 e. The average molecular weight is 302 g/mol. The summed E-state index contributed by atoms with van der Waals surface area (Å²) < 4.78 is 28.2. The topological polar surface area (TPSA) is 55.1 Å². The summed E-state index contributed by atoms with van der Waals surface area (Å²) in [6.45, 7) is -0.357. The van der Waals surface area contributed by atoms with E-state index in [0.29, 0.717) is 12.2 Å². The lowest BCUT2D eigenvalue weighted by Crippen LogP contribution is -2.12. The Labute approximate surface area is 124 Å². The summed E-state index contributed by atoms with van der Waals surface area (Å²) >= 11 is 0. The van der Waals surface area contributed by atoms with E-state index in [1.54, 1.807) is 0 Å². The van der Waals surface area contributed by atoms with Crippen LogP contribution in [0.25, 0.3) is 11.0 Å². The van der Waals surface area contributed by atoms with Gasteiger partial charge >= 0.3 is 5.97 Å². The maximum Gasteiger partial charge on any atom is 0.323 e. The molecule has 0 spiro atoms. The van der Waals surface area contributed by atoms with Crippen LogP contribution in [0.1, 0.15) is 11.4 Å². The van der Waals surface area contributed by atoms with Gasteiger partial charge in [0, 0.05) is 18.6 Å². The average Bonchev–Trinajstić information content (AvgIpc) is 2.77. The van der Waals surface area contributed by atoms with Gasteiger partial charge in [-0.25, -0.2) is 13.8 Å². The van der Waals surface area contributed by atoms with E-state index in [0.717, 1.165) is 17.7 Å². The largest absolute Gasteiger partial charge is 0.480 e. The lowest BCUT2D eigenvalue weighted by atomic mass is 10.1. The number of carboxylic acids is 1. The summed E-state index contributed by atoms with van der Waals surface area (Å²) in [6, 6.07) is 11.3. The normalized spacial score (nSPS) is 11.0. The molecule has 0 bridgehead atoms. The minimum absolute atomic E-state index is 0.242. The summed E-state index contributed by atoms with van der Waals surface area (Å²) in [7, 11) is 0. The van der Waals surface area contributed by atoms with Crippen molar-refractivity contribution in [2.24, 2.45) is 0 Å². The van der Waals surface area contributed by atoms with Crippen LogP contribution in [0.3, 0.4) is 0 Å². The summed E-state index contributed by atoms with van der Waals surface area (Å²) in [4.78, 5) is 15.3. The predicted molar refractivity (Wildman–Crippen MR) is 76.5 cm³/mol. The van der Waals surface area contributed by atoms with E-state index < -0.39 is 17.6 Å². The Balaban J connectivity index is 2.13. The number of nitrogens with zero attached hydrogens (tertiary/aromatic N) is 2. The Morgan fingerprint density at radius 2 is 1.82 bits per heavy atom. The fourth-order valence-electron chi connectivity index (χ4n) is 2.40. The van der Waals surface area contributed by atoms with E-state index in [9.17, 15) is 13.6 Å². The zero-order valence-electron chi connectivity index (χ0n) is 11.5. The number of carbonyl (C=O) groups is 1. The Kier molecular flexibility index (Phi) is 3.58. The number of carboxylic acid groups (broad SMARTS) is 1. The van der Waals surface area contributed by atoms with Crippen LogP contribution in [0.4, 0.5) is 8.78 Å². The third-order valence-electron chi connectivity index (χ3n) is 3.37. The van der Waals surface area contributed by atoms with Crippen LogP contribution in [-0.2, 0) is 17.8 Å². The molecule has 1 aromatic heterocycles. The molecule has 0 atom stereocenters. The first kappa shape index (κ1) is 14.2. The van der Waals surface area contributed by atoms with Crippen molar-refractivity contribution < 1.29 is 18.7 Å². The molecule has 0 fully saturated rings. The number of hydrogen-bond donors (Lipinski definition) is 1. The molecule has 3 aromatic rings. The van der Waals surface area contributed by atoms with E-state index in [-0.39, 0.29) is 17.6 Å². The van der Waals surface area contributed by atoms with E-state index in [1.165, 1.54) is 4.57 Å². The van der Waals surface area contributed by atoms with Crippen LogP contribution in [-0.4, -0.2) is 20.6 Å². The molecule has 3 rings (SSSR count). The first-order chi connectivity index (χ1) is 10.5. The summed E-state index contributed by atoms with van der Waals surface area (Å²) in [5.41, 5.74) is 1.45. The van der Waals surface area contributed by atoms with Crippen LogP contribution in [0.15, 0.2) is 42.5 Å². The van der Waals surface area contributed by atoms with E-state index in [4.69, 9.17) is 5.11 Å². The number of hydrogen-bond acceptors (Lipinski definition) is 2. The molecule has 4 nitrogen and oxygen atoms in total. The molecule has 22 heavy (non-hydrogen) atoms. The van der Waals surface area contributed by atoms with Crippen LogP contribution < -0.4 is 0 Å². The first-order valence-corrected chi connectivity index (χ1v) is 6.64. The summed E-state index contributed by atoms with van der Waals surface area (Å²) in [5.74, 6) is -2.64. The number of aliphatic carboxylic acids is 1. The van der Waals surface area contributed by atoms with Gasteiger partial charge < -0.3 is 9.67 Å². The molecule has 0 saturated heterocycles. The van der Waals surface area contributed by atoms with Gasteiger partial charge in [-0.05, 0) is 5.56 Å². The van der Waals surface area contributed by atoms with Crippen LogP contribution in [0.2, 0.25) is 0 Å². The predicted octanol–water partition coefficient (Wildman–Crippen LogP) is 2.99. The number of rotatable bonds is 4. The zero-order valence-corrected chi connectivity index (χ0v) is 11.5. The molecule has 2 aromatic carbocycles. The van der Waals surface area contributed by atoms with Crippen LogP contribution in [0.5, 0.6) is 0 Å². The van der Waals surface area contributed by atoms with Crippen molar-refractivity contribution in [3.05, 3.63) is 65.5 Å². The molecule has 112 valence electrons. The Morgan fingerprint density at radius 1 is 1.14 bits per heavy atom. The number of halogens is 2. The van der Waals surface area contributed by atoms with E-state index in [2.05, 4.69) is 4.98 Å². The molecule has 0 amide bonds. The minimum Gasteiger partial charge on any atom is -0.480 e. The molecule has 0 aliphatic carbocycles. The molecule has 1 N–H and O–H groups in total. The highest BCUT2D eigenvalue weighted by Crippen LogP contribution is 2.21. The molecule has 6 heteroatoms. The van der Waals surface area contributed by atoms with Gasteiger partial charge in [-0.1, -0.05) is 30.3 Å². The monoisotopic (exact) mass is 302 g/mol. The summed E-state index contributed by atoms with van der Waals surface area (Å²) in [5, 5.41) is 9.04. The maximum absolute atomic E-state index is 13.4. The van der Waals surface area contributed by atoms with E-state index in [1.807, 2.05) is 30.3 Å². The Bertz CT molecular complexity index is 844. The molecule has 0 unspecified atom stereocenters. The van der Waals surface area contributed by atoms with Crippen LogP contribution >= 0.6 is 0 Å². The molecular weight excluding hydrogens is 290 g/mol. The maximum atomic E-state index is 13.4. The lowest BCUT2D eigenvalue weighted by molar-refractivity contribution is -0.137. The third-order valence-corrected chi connectivity index (χ3v) is 3.37. The van der Waals surface area contributed by atoms with Gasteiger partial charge in [0.15, 0.2) is 11.6 Å². The molecular formula is C16H12F2N2O2.